The van der Waals surface area contributed by atoms with Crippen LogP contribution in [0.2, 0.25) is 0 Å². The van der Waals surface area contributed by atoms with Gasteiger partial charge in [0.05, 0.1) is 24.5 Å². The van der Waals surface area contributed by atoms with Gasteiger partial charge >= 0.3 is 11.9 Å². The van der Waals surface area contributed by atoms with E-state index < -0.39 is 5.41 Å². The lowest BCUT2D eigenvalue weighted by Gasteiger charge is -2.19. The molecule has 0 atom stereocenters. The Hall–Kier alpha value is -1.58. The molecule has 0 aromatic heterocycles. The highest BCUT2D eigenvalue weighted by Crippen LogP contribution is 2.22. The van der Waals surface area contributed by atoms with Crippen molar-refractivity contribution in [2.45, 2.75) is 61.3 Å². The predicted molar refractivity (Wildman–Crippen MR) is 97.2 cm³/mol. The molecule has 0 aliphatic carbocycles. The van der Waals surface area contributed by atoms with Crippen molar-refractivity contribution in [2.24, 2.45) is 11.3 Å². The van der Waals surface area contributed by atoms with Crippen LogP contribution in [0.4, 0.5) is 0 Å². The van der Waals surface area contributed by atoms with Gasteiger partial charge in [-0.1, -0.05) is 32.9 Å². The summed E-state index contributed by atoms with van der Waals surface area (Å²) in [6, 6.07) is 0. The molecule has 0 fully saturated rings. The average molecular weight is 328 g/mol. The third-order valence-corrected chi connectivity index (χ3v) is 2.53. The zero-order valence-corrected chi connectivity index (χ0v) is 16.1. The Morgan fingerprint density at radius 3 is 1.65 bits per heavy atom. The predicted octanol–water partition coefficient (Wildman–Crippen LogP) is 4.94. The molecule has 0 radical (unpaired) electrons. The quantitative estimate of drug-likeness (QED) is 0.490. The third-order valence-electron chi connectivity index (χ3n) is 2.53. The zero-order chi connectivity index (χ0) is 18.9. The van der Waals surface area contributed by atoms with Gasteiger partial charge in [0.1, 0.15) is 0 Å². The van der Waals surface area contributed by atoms with E-state index in [0.29, 0.717) is 19.6 Å². The van der Waals surface area contributed by atoms with Crippen molar-refractivity contribution >= 4 is 11.9 Å². The Morgan fingerprint density at radius 1 is 1.00 bits per heavy atom. The van der Waals surface area contributed by atoms with Crippen molar-refractivity contribution in [1.82, 2.24) is 0 Å². The van der Waals surface area contributed by atoms with Crippen LogP contribution in [0.15, 0.2) is 25.3 Å². The molecule has 0 rings (SSSR count). The SMILES string of the molecule is C=CCC.C=CCC(C)(C)C(=O)OCC.CCOC(=O)C(C)C. The largest absolute Gasteiger partial charge is 0.466 e. The highest BCUT2D eigenvalue weighted by Gasteiger charge is 2.27. The minimum atomic E-state index is -0.419. The lowest BCUT2D eigenvalue weighted by molar-refractivity contribution is -0.153. The Balaban J connectivity index is -0.000000292. The molecule has 0 heterocycles. The van der Waals surface area contributed by atoms with Gasteiger partial charge in [0.15, 0.2) is 0 Å². The van der Waals surface area contributed by atoms with E-state index in [4.69, 9.17) is 4.74 Å². The van der Waals surface area contributed by atoms with E-state index in [0.717, 1.165) is 6.42 Å². The number of ether oxygens (including phenoxy) is 2. The van der Waals surface area contributed by atoms with E-state index in [1.807, 2.05) is 40.7 Å². The Bertz CT molecular complexity index is 330. The summed E-state index contributed by atoms with van der Waals surface area (Å²) in [6.45, 7) is 21.0. The first-order valence-electron chi connectivity index (χ1n) is 8.20. The molecule has 4 heteroatoms. The summed E-state index contributed by atoms with van der Waals surface area (Å²) in [5.74, 6) is -0.262. The highest BCUT2D eigenvalue weighted by molar-refractivity contribution is 5.76. The fraction of sp³-hybridized carbons (Fsp3) is 0.684. The van der Waals surface area contributed by atoms with Gasteiger partial charge in [-0.3, -0.25) is 9.59 Å². The summed E-state index contributed by atoms with van der Waals surface area (Å²) in [4.78, 5) is 21.7. The molecule has 136 valence electrons. The Labute approximate surface area is 142 Å². The molecule has 0 bridgehead atoms. The monoisotopic (exact) mass is 328 g/mol. The van der Waals surface area contributed by atoms with Crippen LogP contribution < -0.4 is 0 Å². The Morgan fingerprint density at radius 2 is 1.43 bits per heavy atom. The van der Waals surface area contributed by atoms with Crippen LogP contribution in [0.25, 0.3) is 0 Å². The van der Waals surface area contributed by atoms with Gasteiger partial charge in [0.25, 0.3) is 0 Å². The molecular weight excluding hydrogens is 292 g/mol. The van der Waals surface area contributed by atoms with Gasteiger partial charge in [-0.05, 0) is 40.5 Å². The van der Waals surface area contributed by atoms with Gasteiger partial charge in [-0.25, -0.2) is 0 Å². The fourth-order valence-corrected chi connectivity index (χ4v) is 1.08. The van der Waals surface area contributed by atoms with E-state index in [-0.39, 0.29) is 17.9 Å². The van der Waals surface area contributed by atoms with E-state index in [9.17, 15) is 9.59 Å². The molecule has 0 unspecified atom stereocenters. The number of rotatable bonds is 7. The van der Waals surface area contributed by atoms with Crippen molar-refractivity contribution in [3.8, 4) is 0 Å². The van der Waals surface area contributed by atoms with Crippen LogP contribution in [0.3, 0.4) is 0 Å². The number of esters is 2. The standard InChI is InChI=1S/C9H16O2.C6H12O2.C4H8/c1-5-7-9(3,4)8(10)11-6-2;1-4-8-6(7)5(2)3;1-3-4-2/h5H,1,6-7H2,2-4H3;5H,4H2,1-3H3;3H,1,4H2,2H3. The molecule has 0 saturated heterocycles. The normalized spacial score (nSPS) is 9.57. The molecule has 0 aromatic carbocycles. The van der Waals surface area contributed by atoms with Gasteiger partial charge in [-0.15, -0.1) is 13.2 Å². The summed E-state index contributed by atoms with van der Waals surface area (Å²) >= 11 is 0. The zero-order valence-electron chi connectivity index (χ0n) is 16.1. The van der Waals surface area contributed by atoms with Crippen molar-refractivity contribution < 1.29 is 19.1 Å². The molecule has 4 nitrogen and oxygen atoms in total. The van der Waals surface area contributed by atoms with Crippen LogP contribution >= 0.6 is 0 Å². The summed E-state index contributed by atoms with van der Waals surface area (Å²) in [5, 5.41) is 0. The van der Waals surface area contributed by atoms with E-state index in [2.05, 4.69) is 24.8 Å². The maximum atomic E-state index is 11.2. The summed E-state index contributed by atoms with van der Waals surface area (Å²) in [5.41, 5.74) is -0.419. The maximum Gasteiger partial charge on any atom is 0.311 e. The minimum Gasteiger partial charge on any atom is -0.466 e. The number of carbonyl (C=O) groups is 2. The first kappa shape index (κ1) is 26.3. The average Bonchev–Trinajstić information content (AvgIpc) is 2.48. The summed E-state index contributed by atoms with van der Waals surface area (Å²) in [6.07, 6.45) is 5.35. The third kappa shape index (κ3) is 18.4. The van der Waals surface area contributed by atoms with Gasteiger partial charge in [-0.2, -0.15) is 0 Å². The first-order valence-corrected chi connectivity index (χ1v) is 8.20. The van der Waals surface area contributed by atoms with Crippen LogP contribution in [0, 0.1) is 11.3 Å². The molecular formula is C19H36O4. The molecule has 0 amide bonds. The molecule has 23 heavy (non-hydrogen) atoms. The smallest absolute Gasteiger partial charge is 0.311 e. The van der Waals surface area contributed by atoms with Crippen molar-refractivity contribution in [3.63, 3.8) is 0 Å². The van der Waals surface area contributed by atoms with E-state index in [1.54, 1.807) is 13.0 Å². The van der Waals surface area contributed by atoms with Crippen LogP contribution in [0.1, 0.15) is 61.3 Å². The molecule has 0 saturated carbocycles. The first-order chi connectivity index (χ1) is 10.6. The number of hydrogen-bond donors (Lipinski definition) is 0. The summed E-state index contributed by atoms with van der Waals surface area (Å²) in [7, 11) is 0. The topological polar surface area (TPSA) is 52.6 Å². The van der Waals surface area contributed by atoms with Gasteiger partial charge in [0.2, 0.25) is 0 Å². The molecule has 0 aliphatic rings. The van der Waals surface area contributed by atoms with Gasteiger partial charge in [0, 0.05) is 0 Å². The lowest BCUT2D eigenvalue weighted by Crippen LogP contribution is -2.25. The Kier molecular flexibility index (Phi) is 19.2. The summed E-state index contributed by atoms with van der Waals surface area (Å²) < 4.78 is 9.54. The van der Waals surface area contributed by atoms with E-state index >= 15 is 0 Å². The second-order valence-electron chi connectivity index (χ2n) is 5.70. The number of hydrogen-bond acceptors (Lipinski definition) is 4. The molecule has 0 aliphatic heterocycles. The second-order valence-corrected chi connectivity index (χ2v) is 5.70. The second kappa shape index (κ2) is 16.8. The van der Waals surface area contributed by atoms with Crippen LogP contribution in [0.5, 0.6) is 0 Å². The minimum absolute atomic E-state index is 0.00921. The van der Waals surface area contributed by atoms with Gasteiger partial charge < -0.3 is 9.47 Å². The fourth-order valence-electron chi connectivity index (χ4n) is 1.08. The molecule has 0 N–H and O–H groups in total. The number of carbonyl (C=O) groups excluding carboxylic acids is 2. The van der Waals surface area contributed by atoms with E-state index in [1.165, 1.54) is 0 Å². The molecule has 0 aromatic rings. The highest BCUT2D eigenvalue weighted by atomic mass is 16.5. The van der Waals surface area contributed by atoms with Crippen molar-refractivity contribution in [3.05, 3.63) is 25.3 Å². The maximum absolute atomic E-state index is 11.2. The number of allylic oxidation sites excluding steroid dienone is 2. The van der Waals surface area contributed by atoms with Crippen LogP contribution in [-0.4, -0.2) is 25.2 Å². The molecule has 0 spiro atoms. The van der Waals surface area contributed by atoms with Crippen molar-refractivity contribution in [2.75, 3.05) is 13.2 Å². The van der Waals surface area contributed by atoms with Crippen molar-refractivity contribution in [1.29, 1.82) is 0 Å². The lowest BCUT2D eigenvalue weighted by atomic mass is 9.90. The van der Waals surface area contributed by atoms with Crippen LogP contribution in [-0.2, 0) is 19.1 Å².